The summed E-state index contributed by atoms with van der Waals surface area (Å²) in [5, 5.41) is 5.40. The van der Waals surface area contributed by atoms with Crippen molar-refractivity contribution in [3.05, 3.63) is 0 Å². The van der Waals surface area contributed by atoms with Gasteiger partial charge < -0.3 is 0 Å². The van der Waals surface area contributed by atoms with Gasteiger partial charge in [-0.25, -0.2) is 22.3 Å². The molecule has 4 heteroatoms. The summed E-state index contributed by atoms with van der Waals surface area (Å²) in [7, 11) is 1.00. The van der Waals surface area contributed by atoms with Crippen LogP contribution in [0.4, 0.5) is 0 Å². The van der Waals surface area contributed by atoms with E-state index in [4.69, 9.17) is 10.2 Å². The van der Waals surface area contributed by atoms with Crippen molar-refractivity contribution in [2.45, 2.75) is 0 Å². The van der Waals surface area contributed by atoms with Gasteiger partial charge >= 0.3 is 0 Å². The van der Waals surface area contributed by atoms with Crippen LogP contribution in [0.15, 0.2) is 0 Å². The van der Waals surface area contributed by atoms with Crippen LogP contribution in [0.2, 0.25) is 0 Å². The van der Waals surface area contributed by atoms with Crippen LogP contribution < -0.4 is 0 Å². The molecule has 0 aromatic rings. The van der Waals surface area contributed by atoms with E-state index in [0.717, 1.165) is 15.5 Å². The van der Waals surface area contributed by atoms with Gasteiger partial charge in [0.2, 0.25) is 6.08 Å². The van der Waals surface area contributed by atoms with E-state index in [1.165, 1.54) is 0 Å². The third kappa shape index (κ3) is 5300. The summed E-state index contributed by atoms with van der Waals surface area (Å²) >= 11 is 3.67. The second-order valence-electron chi connectivity index (χ2n) is 0.102. The summed E-state index contributed by atoms with van der Waals surface area (Å²) in [6.07, 6.45) is 0.750. The maximum Gasteiger partial charge on any atom is 0.231 e. The van der Waals surface area contributed by atoms with Crippen LogP contribution in [0.3, 0.4) is 0 Å². The Morgan fingerprint density at radius 1 is 1.80 bits per heavy atom. The van der Waals surface area contributed by atoms with Crippen molar-refractivity contribution in [1.29, 1.82) is 5.41 Å². The van der Waals surface area contributed by atoms with Crippen LogP contribution in [0, 0.1) is 5.41 Å². The van der Waals surface area contributed by atoms with Gasteiger partial charge in [-0.15, -0.1) is 0 Å². The lowest BCUT2D eigenvalue weighted by Gasteiger charge is -1.08. The Morgan fingerprint density at radius 2 is 1.80 bits per heavy atom. The maximum atomic E-state index is 8.35. The first-order chi connectivity index (χ1) is 2.41. The predicted octanol–water partition coefficient (Wildman–Crippen LogP) is -0.902. The van der Waals surface area contributed by atoms with Crippen LogP contribution in [0.1, 0.15) is 0 Å². The molecule has 1 N–H and O–H groups in total. The molecule has 0 aliphatic carbocycles. The van der Waals surface area contributed by atoms with Gasteiger partial charge in [0.1, 0.15) is 0 Å². The van der Waals surface area contributed by atoms with Crippen molar-refractivity contribution in [2.75, 3.05) is 0 Å². The van der Waals surface area contributed by atoms with Crippen molar-refractivity contribution in [3.8, 4) is 0 Å². The zero-order valence-electron chi connectivity index (χ0n) is 2.86. The number of hydrogen-bond donors (Lipinski definition) is 2. The summed E-state index contributed by atoms with van der Waals surface area (Å²) in [4.78, 5) is 8.35. The largest absolute Gasteiger partial charge is 0.231 e. The Hall–Kier alpha value is -0.0531. The van der Waals surface area contributed by atoms with Crippen LogP contribution in [0.25, 0.3) is 0 Å². The molecular weight excluding hydrogens is 102 g/mol. The van der Waals surface area contributed by atoms with Gasteiger partial charge in [0, 0.05) is 0 Å². The molecule has 0 aliphatic rings. The Labute approximate surface area is 38.6 Å². The minimum absolute atomic E-state index is 0.750. The van der Waals surface area contributed by atoms with Gasteiger partial charge in [-0.05, 0) is 0 Å². The second-order valence-corrected chi connectivity index (χ2v) is 0.102. The van der Waals surface area contributed by atoms with Crippen molar-refractivity contribution in [1.82, 2.24) is 0 Å². The first kappa shape index (κ1) is 8.87. The van der Waals surface area contributed by atoms with Crippen molar-refractivity contribution >= 4 is 27.5 Å². The molecule has 0 bridgehead atoms. The minimum atomic E-state index is 0.750. The first-order valence-corrected chi connectivity index (χ1v) is 4.48. The zero-order chi connectivity index (χ0) is 4.71. The van der Waals surface area contributed by atoms with Crippen LogP contribution in [-0.2, 0) is 4.79 Å². The predicted molar refractivity (Wildman–Crippen MR) is 27.3 cm³/mol. The van der Waals surface area contributed by atoms with Crippen LogP contribution in [0.5, 0.6) is 0 Å². The lowest BCUT2D eigenvalue weighted by atomic mass is 11.7. The molecular formula is CH5NOSSi. The number of thiol groups is 1. The number of isocyanates is 1. The summed E-state index contributed by atoms with van der Waals surface area (Å²) in [5.41, 5.74) is 0. The summed E-state index contributed by atoms with van der Waals surface area (Å²) in [5.74, 6) is 0. The summed E-state index contributed by atoms with van der Waals surface area (Å²) in [6.45, 7) is 0. The Bertz CT molecular complexity index is 32.6. The SMILES string of the molecule is N=C=O.[SiH3]S. The highest BCUT2D eigenvalue weighted by molar-refractivity contribution is 8.03. The zero-order valence-corrected chi connectivity index (χ0v) is 5.75. The van der Waals surface area contributed by atoms with Crippen molar-refractivity contribution < 1.29 is 4.79 Å². The number of rotatable bonds is 0. The van der Waals surface area contributed by atoms with E-state index < -0.39 is 0 Å². The molecule has 0 saturated heterocycles. The molecule has 0 fully saturated rings. The van der Waals surface area contributed by atoms with E-state index >= 15 is 0 Å². The van der Waals surface area contributed by atoms with Gasteiger partial charge in [0.25, 0.3) is 0 Å². The fraction of sp³-hybridized carbons (Fsp3) is 0. The van der Waals surface area contributed by atoms with E-state index in [9.17, 15) is 0 Å². The van der Waals surface area contributed by atoms with E-state index in [-0.39, 0.29) is 0 Å². The third-order valence-electron chi connectivity index (χ3n) is 0. The number of nitrogens with one attached hydrogen (secondary N) is 1. The molecule has 0 aromatic carbocycles. The lowest BCUT2D eigenvalue weighted by Crippen LogP contribution is -1.16. The number of carbonyl (C=O) groups excluding carboxylic acids is 1. The van der Waals surface area contributed by atoms with Crippen molar-refractivity contribution in [3.63, 3.8) is 0 Å². The van der Waals surface area contributed by atoms with Gasteiger partial charge in [0.15, 0.2) is 0 Å². The van der Waals surface area contributed by atoms with E-state index in [1.807, 2.05) is 0 Å². The molecule has 0 amide bonds. The number of hydrogen-bond acceptors (Lipinski definition) is 3. The van der Waals surface area contributed by atoms with E-state index in [2.05, 4.69) is 12.1 Å². The highest BCUT2D eigenvalue weighted by Crippen LogP contribution is 1.26. The third-order valence-corrected chi connectivity index (χ3v) is 0. The average Bonchev–Trinajstić information content (AvgIpc) is 1.46. The second kappa shape index (κ2) is 38.2. The standard InChI is InChI=1S/CHNO.H4SSi/c2-1-3;1-2/h2H;1H,2H3. The normalized spacial score (nSPS) is 3.40. The molecule has 0 atom stereocenters. The topological polar surface area (TPSA) is 40.9 Å². The average molecular weight is 107 g/mol. The molecule has 0 unspecified atom stereocenters. The Kier molecular flexibility index (Phi) is 67.8. The highest BCUT2D eigenvalue weighted by atomic mass is 32.3. The van der Waals surface area contributed by atoms with Gasteiger partial charge in [-0.2, -0.15) is 0 Å². The van der Waals surface area contributed by atoms with E-state index in [0.29, 0.717) is 0 Å². The monoisotopic (exact) mass is 107 g/mol. The Morgan fingerprint density at radius 3 is 1.80 bits per heavy atom. The van der Waals surface area contributed by atoms with Gasteiger partial charge in [-0.3, -0.25) is 0 Å². The molecule has 0 heterocycles. The molecule has 0 rings (SSSR count). The lowest BCUT2D eigenvalue weighted by molar-refractivity contribution is 0.563. The fourth-order valence-electron chi connectivity index (χ4n) is 0. The van der Waals surface area contributed by atoms with Crippen molar-refractivity contribution in [2.24, 2.45) is 0 Å². The van der Waals surface area contributed by atoms with Crippen LogP contribution >= 0.6 is 12.1 Å². The summed E-state index contributed by atoms with van der Waals surface area (Å²) in [6, 6.07) is 0. The smallest absolute Gasteiger partial charge is 0.222 e. The molecule has 0 aliphatic heterocycles. The van der Waals surface area contributed by atoms with Gasteiger partial charge in [0.05, 0.1) is 9.39 Å². The fourth-order valence-corrected chi connectivity index (χ4v) is 0. The Balaban J connectivity index is 0. The quantitative estimate of drug-likeness (QED) is 0.179. The molecule has 0 spiro atoms. The molecule has 0 saturated carbocycles. The van der Waals surface area contributed by atoms with Crippen LogP contribution in [-0.4, -0.2) is 15.5 Å². The molecule has 30 valence electrons. The maximum absolute atomic E-state index is 8.35. The molecule has 5 heavy (non-hydrogen) atoms. The highest BCUT2D eigenvalue weighted by Gasteiger charge is 1.03. The summed E-state index contributed by atoms with van der Waals surface area (Å²) < 4.78 is 0. The molecule has 0 radical (unpaired) electrons. The molecule has 2 nitrogen and oxygen atoms in total. The molecule has 0 aromatic heterocycles. The first-order valence-electron chi connectivity index (χ1n) is 0.901. The van der Waals surface area contributed by atoms with Gasteiger partial charge in [-0.1, -0.05) is 0 Å². The minimum Gasteiger partial charge on any atom is -0.222 e. The van der Waals surface area contributed by atoms with E-state index in [1.54, 1.807) is 0 Å².